The summed E-state index contributed by atoms with van der Waals surface area (Å²) in [5, 5.41) is 3.34. The second-order valence-corrected chi connectivity index (χ2v) is 3.87. The molecule has 0 saturated heterocycles. The van der Waals surface area contributed by atoms with Crippen LogP contribution in [0.1, 0.15) is 29.3 Å². The highest BCUT2D eigenvalue weighted by Crippen LogP contribution is 2.05. The molecule has 0 saturated carbocycles. The van der Waals surface area contributed by atoms with Crippen LogP contribution in [0.4, 0.5) is 0 Å². The minimum absolute atomic E-state index is 0.384. The first-order chi connectivity index (χ1) is 7.63. The monoisotopic (exact) mass is 218 g/mol. The molecule has 1 aromatic rings. The Bertz CT molecular complexity index is 374. The quantitative estimate of drug-likeness (QED) is 0.716. The third-order valence-corrected chi connectivity index (χ3v) is 2.39. The Morgan fingerprint density at radius 1 is 1.62 bits per heavy atom. The van der Waals surface area contributed by atoms with Gasteiger partial charge in [-0.2, -0.15) is 0 Å². The van der Waals surface area contributed by atoms with E-state index in [0.717, 1.165) is 18.5 Å². The van der Waals surface area contributed by atoms with Gasteiger partial charge in [0.1, 0.15) is 0 Å². The number of carbonyl (C=O) groups is 1. The Kier molecular flexibility index (Phi) is 4.73. The standard InChI is InChI=1S/C13H18N2O/c1-3-5-10(2)15-9-11-6-4-7-12(8-11)13(14)16/h3-4,6-8,10,15H,1,5,9H2,2H3,(H2,14,16). The van der Waals surface area contributed by atoms with E-state index in [9.17, 15) is 4.79 Å². The van der Waals surface area contributed by atoms with E-state index in [1.54, 1.807) is 6.07 Å². The van der Waals surface area contributed by atoms with Gasteiger partial charge in [-0.05, 0) is 31.0 Å². The Balaban J connectivity index is 2.57. The molecule has 16 heavy (non-hydrogen) atoms. The molecule has 1 rings (SSSR count). The van der Waals surface area contributed by atoms with E-state index < -0.39 is 0 Å². The van der Waals surface area contributed by atoms with Crippen LogP contribution in [-0.2, 0) is 6.54 Å². The molecule has 86 valence electrons. The molecule has 0 heterocycles. The normalized spacial score (nSPS) is 12.1. The molecule has 0 bridgehead atoms. The number of rotatable bonds is 6. The number of hydrogen-bond donors (Lipinski definition) is 2. The van der Waals surface area contributed by atoms with Crippen molar-refractivity contribution in [1.82, 2.24) is 5.32 Å². The highest BCUT2D eigenvalue weighted by atomic mass is 16.1. The Labute approximate surface area is 96.3 Å². The van der Waals surface area contributed by atoms with Crippen LogP contribution in [0.3, 0.4) is 0 Å². The summed E-state index contributed by atoms with van der Waals surface area (Å²) >= 11 is 0. The van der Waals surface area contributed by atoms with E-state index in [4.69, 9.17) is 5.73 Å². The summed E-state index contributed by atoms with van der Waals surface area (Å²) in [6.45, 7) is 6.52. The van der Waals surface area contributed by atoms with Gasteiger partial charge in [-0.15, -0.1) is 6.58 Å². The minimum atomic E-state index is -0.388. The first kappa shape index (κ1) is 12.5. The zero-order valence-corrected chi connectivity index (χ0v) is 9.57. The molecule has 0 aliphatic rings. The maximum Gasteiger partial charge on any atom is 0.248 e. The van der Waals surface area contributed by atoms with Gasteiger partial charge in [0.05, 0.1) is 0 Å². The fraction of sp³-hybridized carbons (Fsp3) is 0.308. The summed E-state index contributed by atoms with van der Waals surface area (Å²) in [5.74, 6) is -0.388. The summed E-state index contributed by atoms with van der Waals surface area (Å²) in [6.07, 6.45) is 2.81. The summed E-state index contributed by atoms with van der Waals surface area (Å²) in [6, 6.07) is 7.74. The molecule has 0 aliphatic heterocycles. The number of hydrogen-bond acceptors (Lipinski definition) is 2. The van der Waals surface area contributed by atoms with Crippen molar-refractivity contribution in [2.45, 2.75) is 25.9 Å². The van der Waals surface area contributed by atoms with Gasteiger partial charge >= 0.3 is 0 Å². The van der Waals surface area contributed by atoms with Crippen LogP contribution in [0.15, 0.2) is 36.9 Å². The highest BCUT2D eigenvalue weighted by Gasteiger charge is 2.02. The highest BCUT2D eigenvalue weighted by molar-refractivity contribution is 5.92. The lowest BCUT2D eigenvalue weighted by molar-refractivity contribution is 0.1000. The van der Waals surface area contributed by atoms with Crippen LogP contribution >= 0.6 is 0 Å². The van der Waals surface area contributed by atoms with Gasteiger partial charge in [0.15, 0.2) is 0 Å². The third kappa shape index (κ3) is 3.87. The van der Waals surface area contributed by atoms with Crippen molar-refractivity contribution < 1.29 is 4.79 Å². The van der Waals surface area contributed by atoms with Gasteiger partial charge in [-0.3, -0.25) is 4.79 Å². The first-order valence-corrected chi connectivity index (χ1v) is 5.36. The molecule has 0 radical (unpaired) electrons. The second kappa shape index (κ2) is 6.08. The molecule has 3 nitrogen and oxygen atoms in total. The van der Waals surface area contributed by atoms with E-state index in [2.05, 4.69) is 18.8 Å². The van der Waals surface area contributed by atoms with Crippen LogP contribution in [0.5, 0.6) is 0 Å². The molecule has 3 N–H and O–H groups in total. The van der Waals surface area contributed by atoms with Crippen LogP contribution in [0.2, 0.25) is 0 Å². The van der Waals surface area contributed by atoms with Gasteiger partial charge in [-0.25, -0.2) is 0 Å². The zero-order chi connectivity index (χ0) is 12.0. The number of carbonyl (C=O) groups excluding carboxylic acids is 1. The van der Waals surface area contributed by atoms with Crippen molar-refractivity contribution in [3.05, 3.63) is 48.0 Å². The molecule has 1 amide bonds. The largest absolute Gasteiger partial charge is 0.366 e. The number of nitrogens with one attached hydrogen (secondary N) is 1. The lowest BCUT2D eigenvalue weighted by Gasteiger charge is -2.11. The van der Waals surface area contributed by atoms with E-state index in [0.29, 0.717) is 11.6 Å². The lowest BCUT2D eigenvalue weighted by atomic mass is 10.1. The Hall–Kier alpha value is -1.61. The van der Waals surface area contributed by atoms with E-state index >= 15 is 0 Å². The maximum absolute atomic E-state index is 11.0. The van der Waals surface area contributed by atoms with Crippen LogP contribution < -0.4 is 11.1 Å². The SMILES string of the molecule is C=CCC(C)NCc1cccc(C(N)=O)c1. The van der Waals surface area contributed by atoms with Gasteiger partial charge in [-0.1, -0.05) is 18.2 Å². The topological polar surface area (TPSA) is 55.1 Å². The van der Waals surface area contributed by atoms with Crippen molar-refractivity contribution in [3.63, 3.8) is 0 Å². The summed E-state index contributed by atoms with van der Waals surface area (Å²) in [7, 11) is 0. The molecular formula is C13H18N2O. The van der Waals surface area contributed by atoms with Crippen molar-refractivity contribution in [2.24, 2.45) is 5.73 Å². The van der Waals surface area contributed by atoms with Crippen LogP contribution in [0.25, 0.3) is 0 Å². The molecule has 0 aromatic heterocycles. The molecular weight excluding hydrogens is 200 g/mol. The molecule has 1 aromatic carbocycles. The molecule has 0 spiro atoms. The smallest absolute Gasteiger partial charge is 0.248 e. The van der Waals surface area contributed by atoms with Gasteiger partial charge < -0.3 is 11.1 Å². The Morgan fingerprint density at radius 3 is 3.00 bits per heavy atom. The van der Waals surface area contributed by atoms with Crippen LogP contribution in [-0.4, -0.2) is 11.9 Å². The Morgan fingerprint density at radius 2 is 2.38 bits per heavy atom. The second-order valence-electron chi connectivity index (χ2n) is 3.87. The average molecular weight is 218 g/mol. The van der Waals surface area contributed by atoms with Gasteiger partial charge in [0.2, 0.25) is 5.91 Å². The minimum Gasteiger partial charge on any atom is -0.366 e. The summed E-state index contributed by atoms with van der Waals surface area (Å²) < 4.78 is 0. The maximum atomic E-state index is 11.0. The fourth-order valence-corrected chi connectivity index (χ4v) is 1.46. The van der Waals surface area contributed by atoms with Gasteiger partial charge in [0, 0.05) is 18.2 Å². The fourth-order valence-electron chi connectivity index (χ4n) is 1.46. The van der Waals surface area contributed by atoms with E-state index in [1.807, 2.05) is 24.3 Å². The number of nitrogens with two attached hydrogens (primary N) is 1. The summed E-state index contributed by atoms with van der Waals surface area (Å²) in [4.78, 5) is 11.0. The predicted octanol–water partition coefficient (Wildman–Crippen LogP) is 1.84. The molecule has 0 fully saturated rings. The average Bonchev–Trinajstić information content (AvgIpc) is 2.27. The third-order valence-electron chi connectivity index (χ3n) is 2.39. The van der Waals surface area contributed by atoms with Crippen molar-refractivity contribution >= 4 is 5.91 Å². The van der Waals surface area contributed by atoms with Crippen molar-refractivity contribution in [1.29, 1.82) is 0 Å². The van der Waals surface area contributed by atoms with E-state index in [1.165, 1.54) is 0 Å². The lowest BCUT2D eigenvalue weighted by Crippen LogP contribution is -2.24. The van der Waals surface area contributed by atoms with E-state index in [-0.39, 0.29) is 5.91 Å². The molecule has 1 unspecified atom stereocenters. The first-order valence-electron chi connectivity index (χ1n) is 5.36. The van der Waals surface area contributed by atoms with Gasteiger partial charge in [0.25, 0.3) is 0 Å². The van der Waals surface area contributed by atoms with Crippen molar-refractivity contribution in [2.75, 3.05) is 0 Å². The zero-order valence-electron chi connectivity index (χ0n) is 9.57. The number of amides is 1. The molecule has 0 aliphatic carbocycles. The van der Waals surface area contributed by atoms with Crippen molar-refractivity contribution in [3.8, 4) is 0 Å². The molecule has 1 atom stereocenters. The predicted molar refractivity (Wildman–Crippen MR) is 66.1 cm³/mol. The molecule has 3 heteroatoms. The van der Waals surface area contributed by atoms with Crippen LogP contribution in [0, 0.1) is 0 Å². The summed E-state index contributed by atoms with van der Waals surface area (Å²) in [5.41, 5.74) is 6.83. The number of primary amides is 1. The number of benzene rings is 1.